The molecular weight excluding hydrogens is 296 g/mol. The van der Waals surface area contributed by atoms with Crippen molar-refractivity contribution in [3.63, 3.8) is 0 Å². The zero-order chi connectivity index (χ0) is 15.4. The summed E-state index contributed by atoms with van der Waals surface area (Å²) in [4.78, 5) is 16.5. The van der Waals surface area contributed by atoms with Gasteiger partial charge in [-0.25, -0.2) is 10.4 Å². The summed E-state index contributed by atoms with van der Waals surface area (Å²) in [7, 11) is 0. The lowest BCUT2D eigenvalue weighted by molar-refractivity contribution is 0.0959. The molecule has 2 heterocycles. The van der Waals surface area contributed by atoms with Gasteiger partial charge in [-0.15, -0.1) is 11.3 Å². The SMILES string of the molecule is CC(=NNC(=O)c1cccs1)c1ccc(-n2ccnc2)cc1. The van der Waals surface area contributed by atoms with E-state index < -0.39 is 0 Å². The molecule has 0 radical (unpaired) electrons. The predicted octanol–water partition coefficient (Wildman–Crippen LogP) is 3.09. The minimum Gasteiger partial charge on any atom is -0.306 e. The Morgan fingerprint density at radius 3 is 2.73 bits per heavy atom. The van der Waals surface area contributed by atoms with Crippen molar-refractivity contribution in [3.8, 4) is 5.69 Å². The maximum Gasteiger partial charge on any atom is 0.281 e. The van der Waals surface area contributed by atoms with Gasteiger partial charge in [0.25, 0.3) is 5.91 Å². The Morgan fingerprint density at radius 1 is 1.27 bits per heavy atom. The Morgan fingerprint density at radius 2 is 2.09 bits per heavy atom. The van der Waals surface area contributed by atoms with Gasteiger partial charge in [0, 0.05) is 18.1 Å². The van der Waals surface area contributed by atoms with Crippen LogP contribution >= 0.6 is 11.3 Å². The van der Waals surface area contributed by atoms with Crippen LogP contribution in [-0.4, -0.2) is 21.2 Å². The molecule has 6 heteroatoms. The molecule has 0 aliphatic carbocycles. The molecule has 1 N–H and O–H groups in total. The Kier molecular flexibility index (Phi) is 4.11. The molecular formula is C16H14N4OS. The van der Waals surface area contributed by atoms with Crippen LogP contribution in [0.1, 0.15) is 22.2 Å². The van der Waals surface area contributed by atoms with Gasteiger partial charge in [-0.3, -0.25) is 4.79 Å². The lowest BCUT2D eigenvalue weighted by Gasteiger charge is -2.05. The Labute approximate surface area is 131 Å². The third-order valence-electron chi connectivity index (χ3n) is 3.16. The quantitative estimate of drug-likeness (QED) is 0.594. The summed E-state index contributed by atoms with van der Waals surface area (Å²) in [5, 5.41) is 6.01. The second kappa shape index (κ2) is 6.36. The van der Waals surface area contributed by atoms with Crippen LogP contribution in [0.5, 0.6) is 0 Å². The van der Waals surface area contributed by atoms with E-state index in [1.54, 1.807) is 18.6 Å². The third-order valence-corrected chi connectivity index (χ3v) is 4.03. The Bertz CT molecular complexity index is 774. The first-order valence-electron chi connectivity index (χ1n) is 6.71. The number of carbonyl (C=O) groups excluding carboxylic acids is 1. The number of rotatable bonds is 4. The van der Waals surface area contributed by atoms with Crippen molar-refractivity contribution in [2.75, 3.05) is 0 Å². The molecule has 3 aromatic rings. The van der Waals surface area contributed by atoms with Crippen LogP contribution in [-0.2, 0) is 0 Å². The number of nitrogens with one attached hydrogen (secondary N) is 1. The van der Waals surface area contributed by atoms with Gasteiger partial charge in [0.2, 0.25) is 0 Å². The topological polar surface area (TPSA) is 59.3 Å². The van der Waals surface area contributed by atoms with E-state index in [4.69, 9.17) is 0 Å². The minimum absolute atomic E-state index is 0.190. The van der Waals surface area contributed by atoms with Gasteiger partial charge < -0.3 is 4.57 Å². The summed E-state index contributed by atoms with van der Waals surface area (Å²) in [5.41, 5.74) is 5.30. The van der Waals surface area contributed by atoms with E-state index in [2.05, 4.69) is 15.5 Å². The highest BCUT2D eigenvalue weighted by molar-refractivity contribution is 7.12. The molecule has 2 aromatic heterocycles. The zero-order valence-corrected chi connectivity index (χ0v) is 12.7. The number of imidazole rings is 1. The van der Waals surface area contributed by atoms with Gasteiger partial charge in [-0.1, -0.05) is 18.2 Å². The third kappa shape index (κ3) is 3.12. The number of aromatic nitrogens is 2. The van der Waals surface area contributed by atoms with E-state index >= 15 is 0 Å². The van der Waals surface area contributed by atoms with Crippen molar-refractivity contribution in [3.05, 3.63) is 70.9 Å². The number of benzene rings is 1. The van der Waals surface area contributed by atoms with Crippen molar-refractivity contribution in [2.24, 2.45) is 5.10 Å². The molecule has 1 aromatic carbocycles. The minimum atomic E-state index is -0.190. The normalized spacial score (nSPS) is 11.4. The first-order chi connectivity index (χ1) is 10.7. The van der Waals surface area contributed by atoms with Crippen LogP contribution in [0.4, 0.5) is 0 Å². The van der Waals surface area contributed by atoms with Gasteiger partial charge in [0.15, 0.2) is 0 Å². The lowest BCUT2D eigenvalue weighted by atomic mass is 10.1. The summed E-state index contributed by atoms with van der Waals surface area (Å²) >= 11 is 1.39. The monoisotopic (exact) mass is 310 g/mol. The molecule has 0 bridgehead atoms. The molecule has 0 saturated carbocycles. The molecule has 110 valence electrons. The first kappa shape index (κ1) is 14.2. The molecule has 0 aliphatic rings. The fourth-order valence-electron chi connectivity index (χ4n) is 1.95. The molecule has 5 nitrogen and oxygen atoms in total. The van der Waals surface area contributed by atoms with Crippen molar-refractivity contribution in [1.82, 2.24) is 15.0 Å². The maximum absolute atomic E-state index is 11.8. The highest BCUT2D eigenvalue weighted by Gasteiger charge is 2.05. The molecule has 0 unspecified atom stereocenters. The average molecular weight is 310 g/mol. The van der Waals surface area contributed by atoms with Crippen LogP contribution in [0.15, 0.2) is 65.6 Å². The average Bonchev–Trinajstić information content (AvgIpc) is 3.25. The van der Waals surface area contributed by atoms with Crippen molar-refractivity contribution < 1.29 is 4.79 Å². The fraction of sp³-hybridized carbons (Fsp3) is 0.0625. The van der Waals surface area contributed by atoms with Crippen LogP contribution in [0.25, 0.3) is 5.69 Å². The van der Waals surface area contributed by atoms with E-state index in [0.29, 0.717) is 4.88 Å². The Balaban J connectivity index is 1.70. The van der Waals surface area contributed by atoms with E-state index in [0.717, 1.165) is 17.0 Å². The molecule has 0 fully saturated rings. The van der Waals surface area contributed by atoms with E-state index in [1.165, 1.54) is 11.3 Å². The Hall–Kier alpha value is -2.73. The standard InChI is InChI=1S/C16H14N4OS/c1-12(18-19-16(21)15-3-2-10-22-15)13-4-6-14(7-5-13)20-9-8-17-11-20/h2-11H,1H3,(H,19,21). The molecule has 22 heavy (non-hydrogen) atoms. The van der Waals surface area contributed by atoms with Gasteiger partial charge >= 0.3 is 0 Å². The van der Waals surface area contributed by atoms with Crippen LogP contribution < -0.4 is 5.43 Å². The highest BCUT2D eigenvalue weighted by atomic mass is 32.1. The second-order valence-electron chi connectivity index (χ2n) is 4.63. The van der Waals surface area contributed by atoms with Crippen molar-refractivity contribution in [1.29, 1.82) is 0 Å². The van der Waals surface area contributed by atoms with E-state index in [9.17, 15) is 4.79 Å². The molecule has 0 saturated heterocycles. The number of amides is 1. The number of hydrazone groups is 1. The van der Waals surface area contributed by atoms with Crippen molar-refractivity contribution in [2.45, 2.75) is 6.92 Å². The summed E-state index contributed by atoms with van der Waals surface area (Å²) < 4.78 is 1.93. The van der Waals surface area contributed by atoms with Crippen molar-refractivity contribution >= 4 is 23.0 Å². The maximum atomic E-state index is 11.8. The predicted molar refractivity (Wildman–Crippen MR) is 87.6 cm³/mol. The second-order valence-corrected chi connectivity index (χ2v) is 5.58. The highest BCUT2D eigenvalue weighted by Crippen LogP contribution is 2.11. The van der Waals surface area contributed by atoms with Crippen LogP contribution in [0.3, 0.4) is 0 Å². The number of carbonyl (C=O) groups is 1. The smallest absolute Gasteiger partial charge is 0.281 e. The lowest BCUT2D eigenvalue weighted by Crippen LogP contribution is -2.18. The molecule has 0 atom stereocenters. The molecule has 3 rings (SSSR count). The number of hydrogen-bond donors (Lipinski definition) is 1. The summed E-state index contributed by atoms with van der Waals surface area (Å²) in [6.45, 7) is 1.86. The summed E-state index contributed by atoms with van der Waals surface area (Å²) in [6.07, 6.45) is 5.37. The van der Waals surface area contributed by atoms with E-state index in [-0.39, 0.29) is 5.91 Å². The van der Waals surface area contributed by atoms with Gasteiger partial charge in [0.1, 0.15) is 0 Å². The molecule has 0 aliphatic heterocycles. The van der Waals surface area contributed by atoms with Gasteiger partial charge in [0.05, 0.1) is 16.9 Å². The summed E-state index contributed by atoms with van der Waals surface area (Å²) in [6, 6.07) is 11.5. The number of nitrogens with zero attached hydrogens (tertiary/aromatic N) is 3. The largest absolute Gasteiger partial charge is 0.306 e. The first-order valence-corrected chi connectivity index (χ1v) is 7.59. The van der Waals surface area contributed by atoms with Crippen LogP contribution in [0.2, 0.25) is 0 Å². The summed E-state index contributed by atoms with van der Waals surface area (Å²) in [5.74, 6) is -0.190. The molecule has 0 spiro atoms. The zero-order valence-electron chi connectivity index (χ0n) is 11.9. The van der Waals surface area contributed by atoms with Crippen LogP contribution in [0, 0.1) is 0 Å². The number of hydrogen-bond acceptors (Lipinski definition) is 4. The number of thiophene rings is 1. The van der Waals surface area contributed by atoms with Gasteiger partial charge in [-0.2, -0.15) is 5.10 Å². The van der Waals surface area contributed by atoms with E-state index in [1.807, 2.05) is 53.4 Å². The fourth-order valence-corrected chi connectivity index (χ4v) is 2.56. The molecule has 1 amide bonds. The van der Waals surface area contributed by atoms with Gasteiger partial charge in [-0.05, 0) is 36.1 Å².